The minimum atomic E-state index is -5.39. The molecule has 2 heterocycles. The van der Waals surface area contributed by atoms with Gasteiger partial charge in [0.25, 0.3) is 11.8 Å². The third-order valence-electron chi connectivity index (χ3n) is 10.6. The highest BCUT2D eigenvalue weighted by atomic mass is 35.5. The van der Waals surface area contributed by atoms with E-state index in [1.165, 1.54) is 18.2 Å². The maximum atomic E-state index is 15.2. The zero-order valence-electron chi connectivity index (χ0n) is 27.6. The molecule has 8 nitrogen and oxygen atoms in total. The Hall–Kier alpha value is -4.91. The van der Waals surface area contributed by atoms with Gasteiger partial charge in [-0.25, -0.2) is 31.8 Å². The number of nitrogens with zero attached hydrogens (tertiary/aromatic N) is 2. The number of alkyl halides is 8. The fourth-order valence-corrected chi connectivity index (χ4v) is 9.10. The lowest BCUT2D eigenvalue weighted by Gasteiger charge is -2.50. The predicted octanol–water partition coefficient (Wildman–Crippen LogP) is 7.90. The number of hydrogen-bond donors (Lipinski definition) is 1. The number of methoxy groups -OCH3 is 1. The van der Waals surface area contributed by atoms with Crippen LogP contribution < -0.4 is 14.5 Å². The van der Waals surface area contributed by atoms with Crippen LogP contribution in [0.4, 0.5) is 59.7 Å². The van der Waals surface area contributed by atoms with E-state index in [0.29, 0.717) is 0 Å². The summed E-state index contributed by atoms with van der Waals surface area (Å²) in [4.78, 5) is 50.2. The van der Waals surface area contributed by atoms with E-state index in [1.807, 2.05) is 0 Å². The van der Waals surface area contributed by atoms with Crippen LogP contribution in [0, 0.1) is 46.8 Å². The molecule has 3 aromatic carbocycles. The van der Waals surface area contributed by atoms with Crippen molar-refractivity contribution in [2.45, 2.75) is 40.9 Å². The molecule has 4 aliphatic rings. The summed E-state index contributed by atoms with van der Waals surface area (Å²) in [5.74, 6) is -27.4. The van der Waals surface area contributed by atoms with Crippen molar-refractivity contribution in [2.75, 3.05) is 16.9 Å². The van der Waals surface area contributed by atoms with Crippen molar-refractivity contribution in [3.8, 4) is 11.5 Å². The third kappa shape index (κ3) is 5.18. The van der Waals surface area contributed by atoms with Gasteiger partial charge in [-0.2, -0.15) is 26.3 Å². The Morgan fingerprint density at radius 2 is 1.32 bits per heavy atom. The Morgan fingerprint density at radius 1 is 0.768 bits per heavy atom. The summed E-state index contributed by atoms with van der Waals surface area (Å²) in [6.07, 6.45) is -11.1. The molecule has 296 valence electrons. The lowest BCUT2D eigenvalue weighted by atomic mass is 9.56. The van der Waals surface area contributed by atoms with Crippen LogP contribution in [0.15, 0.2) is 48.0 Å². The van der Waals surface area contributed by atoms with Gasteiger partial charge in [0.2, 0.25) is 17.6 Å². The SMILES string of the molecule is COc1cccc(C2C3=CCC4C(=O)N(c5cc(C(F)(F)F)cc(C(F)(F)F)c5)C(=O)C4C3CC3(Cl)C(=O)N(c4c(F)c(F)c(F)c(F)c4F)C(=O)C23Cl)c1O. The average molecular weight is 843 g/mol. The molecule has 0 bridgehead atoms. The maximum Gasteiger partial charge on any atom is 0.416 e. The van der Waals surface area contributed by atoms with Crippen LogP contribution in [0.5, 0.6) is 11.5 Å². The molecular formula is C35H19Cl2F11N2O6. The number of benzene rings is 3. The molecule has 3 aromatic rings. The molecule has 56 heavy (non-hydrogen) atoms. The number of amides is 4. The smallest absolute Gasteiger partial charge is 0.416 e. The molecule has 0 radical (unpaired) electrons. The van der Waals surface area contributed by atoms with Gasteiger partial charge in [0.15, 0.2) is 44.5 Å². The number of phenols is 1. The Balaban J connectivity index is 1.43. The summed E-state index contributed by atoms with van der Waals surface area (Å²) in [6.45, 7) is 0. The first kappa shape index (κ1) is 39.3. The minimum Gasteiger partial charge on any atom is -0.504 e. The lowest BCUT2D eigenvalue weighted by Crippen LogP contribution is -2.60. The number of imide groups is 2. The van der Waals surface area contributed by atoms with Gasteiger partial charge < -0.3 is 9.84 Å². The zero-order chi connectivity index (χ0) is 41.4. The van der Waals surface area contributed by atoms with Crippen LogP contribution in [-0.4, -0.2) is 45.6 Å². The van der Waals surface area contributed by atoms with Crippen LogP contribution in [0.3, 0.4) is 0 Å². The van der Waals surface area contributed by atoms with Gasteiger partial charge in [0, 0.05) is 11.5 Å². The zero-order valence-corrected chi connectivity index (χ0v) is 29.1. The fraction of sp³-hybridized carbons (Fsp3) is 0.314. The van der Waals surface area contributed by atoms with Crippen LogP contribution in [0.1, 0.15) is 35.4 Å². The van der Waals surface area contributed by atoms with Crippen molar-refractivity contribution >= 4 is 58.2 Å². The molecule has 6 atom stereocenters. The van der Waals surface area contributed by atoms with E-state index < -0.39 is 150 Å². The van der Waals surface area contributed by atoms with Gasteiger partial charge in [-0.3, -0.25) is 19.2 Å². The van der Waals surface area contributed by atoms with Gasteiger partial charge in [0.1, 0.15) is 5.69 Å². The monoisotopic (exact) mass is 842 g/mol. The van der Waals surface area contributed by atoms with Gasteiger partial charge in [-0.1, -0.05) is 23.8 Å². The number of rotatable bonds is 4. The van der Waals surface area contributed by atoms with E-state index in [-0.39, 0.29) is 34.4 Å². The number of aromatic hydroxyl groups is 1. The quantitative estimate of drug-likeness (QED) is 0.0716. The number of para-hydroxylation sites is 1. The van der Waals surface area contributed by atoms with Gasteiger partial charge >= 0.3 is 12.4 Å². The standard InChI is InChI=1S/C35H19Cl2F11N2O6/c1-56-18-4-2-3-16(27(18)51)20-14-5-6-15-19(29(53)49(28(15)52)13-8-11(34(43,44)45)7-12(9-13)35(46,47)48)17(14)10-32(36)30(54)50(31(55)33(20,32)37)26-24(41)22(39)21(38)23(40)25(26)42/h2-5,7-9,15,17,19-20,51H,6,10H2,1H3. The van der Waals surface area contributed by atoms with Crippen LogP contribution in [-0.2, 0) is 31.5 Å². The van der Waals surface area contributed by atoms with E-state index >= 15 is 8.78 Å². The molecule has 2 aliphatic heterocycles. The van der Waals surface area contributed by atoms with Crippen molar-refractivity contribution in [1.82, 2.24) is 0 Å². The summed E-state index contributed by atoms with van der Waals surface area (Å²) in [5.41, 5.74) is -7.48. The van der Waals surface area contributed by atoms with E-state index in [2.05, 4.69) is 0 Å². The van der Waals surface area contributed by atoms with Crippen LogP contribution >= 0.6 is 23.2 Å². The number of ether oxygens (including phenoxy) is 1. The molecule has 7 rings (SSSR count). The third-order valence-corrected chi connectivity index (χ3v) is 12.0. The Labute approximate surface area is 316 Å². The summed E-state index contributed by atoms with van der Waals surface area (Å²) in [5, 5.41) is 11.3. The highest BCUT2D eigenvalue weighted by molar-refractivity contribution is 6.58. The highest BCUT2D eigenvalue weighted by Crippen LogP contribution is 2.67. The molecule has 1 saturated carbocycles. The largest absolute Gasteiger partial charge is 0.504 e. The Bertz CT molecular complexity index is 2270. The van der Waals surface area contributed by atoms with Crippen molar-refractivity contribution in [3.05, 3.63) is 93.8 Å². The molecule has 0 aromatic heterocycles. The number of fused-ring (bicyclic) bond motifs is 4. The summed E-state index contributed by atoms with van der Waals surface area (Å²) >= 11 is 14.0. The minimum absolute atomic E-state index is 0.0980. The number of anilines is 2. The summed E-state index contributed by atoms with van der Waals surface area (Å²) < 4.78 is 161. The number of hydrogen-bond acceptors (Lipinski definition) is 6. The van der Waals surface area contributed by atoms with Crippen LogP contribution in [0.25, 0.3) is 0 Å². The molecule has 4 amide bonds. The lowest BCUT2D eigenvalue weighted by molar-refractivity contribution is -0.143. The second kappa shape index (κ2) is 12.5. The number of carbonyl (C=O) groups excluding carboxylic acids is 4. The van der Waals surface area contributed by atoms with Gasteiger partial charge in [0.05, 0.1) is 35.8 Å². The van der Waals surface area contributed by atoms with E-state index in [0.717, 1.165) is 13.2 Å². The second-order valence-corrected chi connectivity index (χ2v) is 14.6. The first-order valence-electron chi connectivity index (χ1n) is 15.9. The van der Waals surface area contributed by atoms with Crippen molar-refractivity contribution < 1.29 is 77.3 Å². The van der Waals surface area contributed by atoms with E-state index in [9.17, 15) is 63.8 Å². The van der Waals surface area contributed by atoms with E-state index in [1.54, 1.807) is 0 Å². The van der Waals surface area contributed by atoms with Crippen molar-refractivity contribution in [2.24, 2.45) is 17.8 Å². The summed E-state index contributed by atoms with van der Waals surface area (Å²) in [6, 6.07) is 3.62. The normalized spacial score (nSPS) is 27.7. The Kier molecular flexibility index (Phi) is 8.81. The summed E-state index contributed by atoms with van der Waals surface area (Å²) in [7, 11) is 1.10. The van der Waals surface area contributed by atoms with Gasteiger partial charge in [-0.05, 0) is 43.0 Å². The topological polar surface area (TPSA) is 104 Å². The van der Waals surface area contributed by atoms with E-state index in [4.69, 9.17) is 27.9 Å². The van der Waals surface area contributed by atoms with Crippen molar-refractivity contribution in [1.29, 1.82) is 0 Å². The number of carbonyl (C=O) groups is 4. The highest BCUT2D eigenvalue weighted by Gasteiger charge is 2.77. The molecule has 6 unspecified atom stereocenters. The molecule has 2 aliphatic carbocycles. The molecular weight excluding hydrogens is 824 g/mol. The number of phenolic OH excluding ortho intramolecular Hbond substituents is 1. The second-order valence-electron chi connectivity index (χ2n) is 13.4. The number of halogens is 13. The molecule has 2 saturated heterocycles. The predicted molar refractivity (Wildman–Crippen MR) is 170 cm³/mol. The fourth-order valence-electron chi connectivity index (χ4n) is 8.17. The first-order valence-corrected chi connectivity index (χ1v) is 16.7. The molecule has 21 heteroatoms. The molecule has 3 fully saturated rings. The molecule has 1 N–H and O–H groups in total. The average Bonchev–Trinajstić information content (AvgIpc) is 3.47. The Morgan fingerprint density at radius 3 is 1.86 bits per heavy atom. The van der Waals surface area contributed by atoms with Crippen molar-refractivity contribution in [3.63, 3.8) is 0 Å². The number of allylic oxidation sites excluding steroid dienone is 2. The first-order chi connectivity index (χ1) is 25.9. The maximum absolute atomic E-state index is 15.2. The molecule has 0 spiro atoms. The van der Waals surface area contributed by atoms with Gasteiger partial charge in [-0.15, -0.1) is 23.2 Å². The van der Waals surface area contributed by atoms with Crippen LogP contribution in [0.2, 0.25) is 0 Å².